The number of methoxy groups -OCH3 is 1. The van der Waals surface area contributed by atoms with Gasteiger partial charge in [-0.3, -0.25) is 4.79 Å². The van der Waals surface area contributed by atoms with E-state index in [2.05, 4.69) is 10.3 Å². The van der Waals surface area contributed by atoms with Gasteiger partial charge in [-0.25, -0.2) is 0 Å². The summed E-state index contributed by atoms with van der Waals surface area (Å²) in [5, 5.41) is 3.99. The summed E-state index contributed by atoms with van der Waals surface area (Å²) >= 11 is 0. The lowest BCUT2D eigenvalue weighted by molar-refractivity contribution is -0.908. The van der Waals surface area contributed by atoms with Crippen LogP contribution in [0.15, 0.2) is 24.3 Å². The summed E-state index contributed by atoms with van der Waals surface area (Å²) in [6.07, 6.45) is 0.981. The van der Waals surface area contributed by atoms with Crippen molar-refractivity contribution in [1.82, 2.24) is 10.3 Å². The molecule has 0 unspecified atom stereocenters. The van der Waals surface area contributed by atoms with Crippen LogP contribution < -0.4 is 15.0 Å². The van der Waals surface area contributed by atoms with Crippen molar-refractivity contribution in [3.05, 3.63) is 30.0 Å². The molecule has 0 spiro atoms. The molecule has 1 saturated heterocycles. The predicted molar refractivity (Wildman–Crippen MR) is 88.2 cm³/mol. The second kappa shape index (κ2) is 7.48. The molecule has 23 heavy (non-hydrogen) atoms. The molecule has 1 aliphatic rings. The van der Waals surface area contributed by atoms with Gasteiger partial charge in [-0.2, -0.15) is 0 Å². The number of carbonyl (C=O) groups excluding carboxylic acids is 1. The smallest absolute Gasteiger partial charge is 0.267 e. The number of aromatic amines is 1. The maximum Gasteiger partial charge on any atom is 0.267 e. The molecule has 6 heteroatoms. The van der Waals surface area contributed by atoms with Crippen molar-refractivity contribution < 1.29 is 19.2 Å². The summed E-state index contributed by atoms with van der Waals surface area (Å²) in [7, 11) is 1.63. The summed E-state index contributed by atoms with van der Waals surface area (Å²) in [6, 6.07) is 7.61. The number of ether oxygens (including phenoxy) is 2. The Labute approximate surface area is 135 Å². The van der Waals surface area contributed by atoms with E-state index < -0.39 is 0 Å². The fourth-order valence-electron chi connectivity index (χ4n) is 2.90. The molecular weight excluding hydrogens is 294 g/mol. The molecule has 3 rings (SSSR count). The van der Waals surface area contributed by atoms with Crippen molar-refractivity contribution in [2.75, 3.05) is 46.5 Å². The number of fused-ring (bicyclic) bond motifs is 1. The zero-order chi connectivity index (χ0) is 16.1. The van der Waals surface area contributed by atoms with Crippen molar-refractivity contribution in [1.29, 1.82) is 0 Å². The van der Waals surface area contributed by atoms with Gasteiger partial charge in [0.2, 0.25) is 0 Å². The van der Waals surface area contributed by atoms with E-state index in [1.807, 2.05) is 24.3 Å². The van der Waals surface area contributed by atoms with Crippen LogP contribution in [0.2, 0.25) is 0 Å². The van der Waals surface area contributed by atoms with E-state index in [1.54, 1.807) is 12.0 Å². The molecule has 124 valence electrons. The molecule has 1 aromatic carbocycles. The highest BCUT2D eigenvalue weighted by Crippen LogP contribution is 2.21. The summed E-state index contributed by atoms with van der Waals surface area (Å²) in [5.41, 5.74) is 1.50. The zero-order valence-electron chi connectivity index (χ0n) is 13.5. The molecule has 3 N–H and O–H groups in total. The minimum atomic E-state index is -0.0582. The van der Waals surface area contributed by atoms with Gasteiger partial charge in [-0.05, 0) is 18.2 Å². The molecule has 2 aromatic rings. The number of aromatic nitrogens is 1. The molecule has 1 fully saturated rings. The fraction of sp³-hybridized carbons (Fsp3) is 0.471. The number of hydrogen-bond donors (Lipinski definition) is 3. The van der Waals surface area contributed by atoms with Crippen molar-refractivity contribution >= 4 is 16.8 Å². The lowest BCUT2D eigenvalue weighted by atomic mass is 10.2. The third-order valence-corrected chi connectivity index (χ3v) is 4.27. The Kier molecular flexibility index (Phi) is 5.15. The third kappa shape index (κ3) is 4.03. The van der Waals surface area contributed by atoms with Crippen molar-refractivity contribution in [3.8, 4) is 5.75 Å². The predicted octanol–water partition coefficient (Wildman–Crippen LogP) is 0.212. The Hall–Kier alpha value is -2.05. The molecule has 1 aromatic heterocycles. The Morgan fingerprint density at radius 3 is 2.96 bits per heavy atom. The van der Waals surface area contributed by atoms with Crippen LogP contribution in [0.25, 0.3) is 10.9 Å². The van der Waals surface area contributed by atoms with Gasteiger partial charge < -0.3 is 24.7 Å². The van der Waals surface area contributed by atoms with E-state index in [0.717, 1.165) is 55.9 Å². The molecular formula is C17H24N3O3+. The molecule has 1 aliphatic heterocycles. The van der Waals surface area contributed by atoms with E-state index in [1.165, 1.54) is 0 Å². The first kappa shape index (κ1) is 15.8. The van der Waals surface area contributed by atoms with Crippen LogP contribution in [-0.4, -0.2) is 57.4 Å². The number of benzene rings is 1. The van der Waals surface area contributed by atoms with E-state index >= 15 is 0 Å². The van der Waals surface area contributed by atoms with Crippen molar-refractivity contribution in [2.45, 2.75) is 6.42 Å². The number of nitrogens with one attached hydrogen (secondary N) is 3. The Balaban J connectivity index is 1.49. The zero-order valence-corrected chi connectivity index (χ0v) is 13.5. The average molecular weight is 318 g/mol. The summed E-state index contributed by atoms with van der Waals surface area (Å²) in [4.78, 5) is 16.9. The van der Waals surface area contributed by atoms with Gasteiger partial charge in [0.1, 0.15) is 24.5 Å². The van der Waals surface area contributed by atoms with Crippen LogP contribution in [0.3, 0.4) is 0 Å². The van der Waals surface area contributed by atoms with Gasteiger partial charge >= 0.3 is 0 Å². The average Bonchev–Trinajstić information content (AvgIpc) is 3.02. The highest BCUT2D eigenvalue weighted by molar-refractivity contribution is 5.98. The summed E-state index contributed by atoms with van der Waals surface area (Å²) < 4.78 is 10.5. The molecule has 6 nitrogen and oxygen atoms in total. The summed E-state index contributed by atoms with van der Waals surface area (Å²) in [6.45, 7) is 5.60. The van der Waals surface area contributed by atoms with Crippen LogP contribution in [0, 0.1) is 0 Å². The van der Waals surface area contributed by atoms with E-state index in [4.69, 9.17) is 9.47 Å². The SMILES string of the molecule is COc1ccc2cc(C(=O)NCCC[NH+]3CCOCC3)[nH]c2c1. The molecule has 0 aliphatic carbocycles. The standard InChI is InChI=1S/C17H23N3O3/c1-22-14-4-3-13-11-16(19-15(13)12-14)17(21)18-5-2-6-20-7-9-23-10-8-20/h3-4,11-12,19H,2,5-10H2,1H3,(H,18,21)/p+1. The number of morpholine rings is 1. The van der Waals surface area contributed by atoms with Gasteiger partial charge in [-0.15, -0.1) is 0 Å². The monoisotopic (exact) mass is 318 g/mol. The van der Waals surface area contributed by atoms with Gasteiger partial charge in [0.15, 0.2) is 0 Å². The van der Waals surface area contributed by atoms with Crippen LogP contribution >= 0.6 is 0 Å². The number of amides is 1. The van der Waals surface area contributed by atoms with E-state index in [0.29, 0.717) is 12.2 Å². The Morgan fingerprint density at radius 1 is 1.35 bits per heavy atom. The van der Waals surface area contributed by atoms with Crippen molar-refractivity contribution in [3.63, 3.8) is 0 Å². The van der Waals surface area contributed by atoms with Gasteiger partial charge in [-0.1, -0.05) is 0 Å². The summed E-state index contributed by atoms with van der Waals surface area (Å²) in [5.74, 6) is 0.719. The van der Waals surface area contributed by atoms with Crippen LogP contribution in [0.5, 0.6) is 5.75 Å². The van der Waals surface area contributed by atoms with E-state index in [-0.39, 0.29) is 5.91 Å². The fourth-order valence-corrected chi connectivity index (χ4v) is 2.90. The molecule has 2 heterocycles. The van der Waals surface area contributed by atoms with Gasteiger partial charge in [0, 0.05) is 29.9 Å². The molecule has 0 atom stereocenters. The second-order valence-corrected chi connectivity index (χ2v) is 5.86. The Morgan fingerprint density at radius 2 is 2.17 bits per heavy atom. The number of H-pyrrole nitrogens is 1. The highest BCUT2D eigenvalue weighted by atomic mass is 16.5. The first-order chi connectivity index (χ1) is 11.3. The van der Waals surface area contributed by atoms with Crippen LogP contribution in [0.1, 0.15) is 16.9 Å². The Bertz CT molecular complexity index is 662. The molecule has 0 radical (unpaired) electrons. The van der Waals surface area contributed by atoms with Crippen molar-refractivity contribution in [2.24, 2.45) is 0 Å². The normalized spacial score (nSPS) is 15.7. The quantitative estimate of drug-likeness (QED) is 0.667. The topological polar surface area (TPSA) is 67.8 Å². The van der Waals surface area contributed by atoms with Crippen LogP contribution in [0.4, 0.5) is 0 Å². The van der Waals surface area contributed by atoms with Gasteiger partial charge in [0.05, 0.1) is 26.9 Å². The number of hydrogen-bond acceptors (Lipinski definition) is 3. The minimum Gasteiger partial charge on any atom is -0.497 e. The maximum atomic E-state index is 12.2. The largest absolute Gasteiger partial charge is 0.497 e. The minimum absolute atomic E-state index is 0.0582. The number of quaternary nitrogens is 1. The second-order valence-electron chi connectivity index (χ2n) is 5.86. The number of carbonyl (C=O) groups is 1. The molecule has 0 bridgehead atoms. The molecule has 0 saturated carbocycles. The molecule has 1 amide bonds. The maximum absolute atomic E-state index is 12.2. The first-order valence-corrected chi connectivity index (χ1v) is 8.12. The lowest BCUT2D eigenvalue weighted by Gasteiger charge is -2.23. The first-order valence-electron chi connectivity index (χ1n) is 8.12. The highest BCUT2D eigenvalue weighted by Gasteiger charge is 2.14. The van der Waals surface area contributed by atoms with Crippen LogP contribution in [-0.2, 0) is 4.74 Å². The van der Waals surface area contributed by atoms with E-state index in [9.17, 15) is 4.79 Å². The third-order valence-electron chi connectivity index (χ3n) is 4.27. The number of rotatable bonds is 6. The van der Waals surface area contributed by atoms with Gasteiger partial charge in [0.25, 0.3) is 5.91 Å². The lowest BCUT2D eigenvalue weighted by Crippen LogP contribution is -3.14.